The maximum Gasteiger partial charge on any atom is 0.00892 e. The Bertz CT molecular complexity index is 93.2. The average molecular weight is 114 g/mol. The van der Waals surface area contributed by atoms with Gasteiger partial charge in [0.05, 0.1) is 0 Å². The van der Waals surface area contributed by atoms with Crippen LogP contribution in [0.5, 0.6) is 0 Å². The number of nitrogens with one attached hydrogen (secondary N) is 2. The van der Waals surface area contributed by atoms with Gasteiger partial charge in [0.15, 0.2) is 0 Å². The smallest absolute Gasteiger partial charge is 0.00892 e. The van der Waals surface area contributed by atoms with Gasteiger partial charge in [-0.3, -0.25) is 0 Å². The highest BCUT2D eigenvalue weighted by Gasteiger charge is 2.38. The van der Waals surface area contributed by atoms with E-state index in [0.717, 1.165) is 0 Å². The quantitative estimate of drug-likeness (QED) is 0.456. The lowest BCUT2D eigenvalue weighted by Gasteiger charge is -2.38. The van der Waals surface area contributed by atoms with Gasteiger partial charge in [-0.05, 0) is 13.0 Å². The molecule has 0 bridgehead atoms. The molecule has 0 unspecified atom stereocenters. The van der Waals surface area contributed by atoms with Gasteiger partial charge in [0.25, 0.3) is 0 Å². The zero-order valence-corrected chi connectivity index (χ0v) is 5.04. The summed E-state index contributed by atoms with van der Waals surface area (Å²) in [5.41, 5.74) is 0.694. The molecule has 1 spiro atoms. The highest BCUT2D eigenvalue weighted by molar-refractivity contribution is 4.97. The van der Waals surface area contributed by atoms with E-state index in [2.05, 4.69) is 10.6 Å². The second kappa shape index (κ2) is 1.45. The van der Waals surface area contributed by atoms with Crippen molar-refractivity contribution in [1.82, 2.24) is 10.6 Å². The van der Waals surface area contributed by atoms with Crippen LogP contribution in [0.3, 0.4) is 0 Å². The average Bonchev–Trinajstić information content (AvgIpc) is 2.07. The first-order valence-corrected chi connectivity index (χ1v) is 3.33. The third-order valence-electron chi connectivity index (χ3n) is 2.33. The summed E-state index contributed by atoms with van der Waals surface area (Å²) in [6, 6.07) is 0. The Morgan fingerprint density at radius 1 is 1.12 bits per heavy atom. The molecule has 2 heterocycles. The van der Waals surface area contributed by atoms with Gasteiger partial charge < -0.3 is 10.6 Å². The van der Waals surface area contributed by atoms with Crippen LogP contribution in [0.1, 0.15) is 7.85 Å². The predicted molar refractivity (Wildman–Crippen MR) is 34.9 cm³/mol. The SMILES string of the molecule is C1CC2(CN1)CNC2.[HH]. The number of rotatable bonds is 0. The molecule has 0 atom stereocenters. The van der Waals surface area contributed by atoms with Crippen molar-refractivity contribution in [3.8, 4) is 0 Å². The van der Waals surface area contributed by atoms with Gasteiger partial charge in [0, 0.05) is 26.5 Å². The molecule has 2 N–H and O–H groups in total. The van der Waals surface area contributed by atoms with E-state index in [1.54, 1.807) is 0 Å². The summed E-state index contributed by atoms with van der Waals surface area (Å²) in [6.45, 7) is 4.99. The van der Waals surface area contributed by atoms with E-state index >= 15 is 0 Å². The minimum atomic E-state index is 0. The fraction of sp³-hybridized carbons (Fsp3) is 1.00. The molecule has 0 radical (unpaired) electrons. The van der Waals surface area contributed by atoms with Crippen LogP contribution < -0.4 is 10.6 Å². The Labute approximate surface area is 51.1 Å². The van der Waals surface area contributed by atoms with E-state index < -0.39 is 0 Å². The molecule has 0 saturated carbocycles. The highest BCUT2D eigenvalue weighted by Crippen LogP contribution is 2.28. The maximum absolute atomic E-state index is 3.38. The zero-order valence-electron chi connectivity index (χ0n) is 5.04. The van der Waals surface area contributed by atoms with Crippen LogP contribution in [0.15, 0.2) is 0 Å². The molecule has 0 aliphatic carbocycles. The van der Waals surface area contributed by atoms with Crippen molar-refractivity contribution in [1.29, 1.82) is 0 Å². The van der Waals surface area contributed by atoms with Crippen molar-refractivity contribution >= 4 is 0 Å². The summed E-state index contributed by atoms with van der Waals surface area (Å²) >= 11 is 0. The maximum atomic E-state index is 3.38. The van der Waals surface area contributed by atoms with Gasteiger partial charge in [-0.2, -0.15) is 0 Å². The third kappa shape index (κ3) is 0.501. The first-order valence-electron chi connectivity index (χ1n) is 3.33. The summed E-state index contributed by atoms with van der Waals surface area (Å²) < 4.78 is 0. The minimum absolute atomic E-state index is 0. The fourth-order valence-corrected chi connectivity index (χ4v) is 1.58. The second-order valence-electron chi connectivity index (χ2n) is 3.03. The molecular formula is C6H14N2. The largest absolute Gasteiger partial charge is 0.316 e. The Morgan fingerprint density at radius 3 is 2.12 bits per heavy atom. The van der Waals surface area contributed by atoms with Crippen LogP contribution >= 0.6 is 0 Å². The van der Waals surface area contributed by atoms with Crippen molar-refractivity contribution in [2.75, 3.05) is 26.2 Å². The van der Waals surface area contributed by atoms with Crippen molar-refractivity contribution < 1.29 is 1.43 Å². The van der Waals surface area contributed by atoms with Gasteiger partial charge in [-0.1, -0.05) is 0 Å². The van der Waals surface area contributed by atoms with E-state index in [9.17, 15) is 0 Å². The fourth-order valence-electron chi connectivity index (χ4n) is 1.58. The molecule has 2 fully saturated rings. The summed E-state index contributed by atoms with van der Waals surface area (Å²) in [4.78, 5) is 0. The van der Waals surface area contributed by atoms with Crippen molar-refractivity contribution in [2.24, 2.45) is 5.41 Å². The molecule has 0 amide bonds. The molecule has 2 saturated heterocycles. The van der Waals surface area contributed by atoms with Crippen LogP contribution in [0, 0.1) is 5.41 Å². The molecule has 2 aliphatic heterocycles. The second-order valence-corrected chi connectivity index (χ2v) is 3.03. The van der Waals surface area contributed by atoms with Crippen molar-refractivity contribution in [2.45, 2.75) is 6.42 Å². The number of hydrogen-bond acceptors (Lipinski definition) is 2. The van der Waals surface area contributed by atoms with Crippen LogP contribution in [-0.4, -0.2) is 26.2 Å². The Morgan fingerprint density at radius 2 is 1.88 bits per heavy atom. The molecule has 0 aromatic heterocycles. The first kappa shape index (κ1) is 4.77. The predicted octanol–water partition coefficient (Wildman–Crippen LogP) is -0.185. The van der Waals surface area contributed by atoms with E-state index in [1.165, 1.54) is 32.6 Å². The standard InChI is InChI=1S/C6H12N2.H2/c1-2-7-3-6(1)4-8-5-6;/h7-8H,1-5H2;1H. The zero-order chi connectivity index (χ0) is 5.45. The molecule has 0 aromatic carbocycles. The molecule has 48 valence electrons. The molecule has 0 aromatic rings. The monoisotopic (exact) mass is 114 g/mol. The Hall–Kier alpha value is -0.0800. The summed E-state index contributed by atoms with van der Waals surface area (Å²) in [6.07, 6.45) is 1.39. The first-order chi connectivity index (χ1) is 3.91. The lowest BCUT2D eigenvalue weighted by atomic mass is 9.81. The van der Waals surface area contributed by atoms with E-state index in [-0.39, 0.29) is 1.43 Å². The van der Waals surface area contributed by atoms with Crippen molar-refractivity contribution in [3.63, 3.8) is 0 Å². The Kier molecular flexibility index (Phi) is 0.866. The van der Waals surface area contributed by atoms with Crippen LogP contribution in [0.2, 0.25) is 0 Å². The van der Waals surface area contributed by atoms with Crippen LogP contribution in [-0.2, 0) is 0 Å². The Balaban J connectivity index is 0.000000405. The highest BCUT2D eigenvalue weighted by atomic mass is 15.1. The third-order valence-corrected chi connectivity index (χ3v) is 2.33. The summed E-state index contributed by atoms with van der Waals surface area (Å²) in [5, 5.41) is 6.68. The molecule has 2 heteroatoms. The molecular weight excluding hydrogens is 100 g/mol. The van der Waals surface area contributed by atoms with Crippen LogP contribution in [0.25, 0.3) is 0 Å². The molecule has 2 nitrogen and oxygen atoms in total. The minimum Gasteiger partial charge on any atom is -0.316 e. The van der Waals surface area contributed by atoms with E-state index in [1.807, 2.05) is 0 Å². The summed E-state index contributed by atoms with van der Waals surface area (Å²) in [7, 11) is 0. The lowest BCUT2D eigenvalue weighted by Crippen LogP contribution is -2.54. The van der Waals surface area contributed by atoms with Crippen LogP contribution in [0.4, 0.5) is 0 Å². The van der Waals surface area contributed by atoms with Gasteiger partial charge in [0.1, 0.15) is 0 Å². The topological polar surface area (TPSA) is 24.1 Å². The lowest BCUT2D eigenvalue weighted by molar-refractivity contribution is 0.197. The van der Waals surface area contributed by atoms with Crippen molar-refractivity contribution in [3.05, 3.63) is 0 Å². The van der Waals surface area contributed by atoms with E-state index in [0.29, 0.717) is 5.41 Å². The normalized spacial score (nSPS) is 33.0. The van der Waals surface area contributed by atoms with Gasteiger partial charge >= 0.3 is 0 Å². The molecule has 2 aliphatic rings. The number of hydrogen-bond donors (Lipinski definition) is 2. The van der Waals surface area contributed by atoms with Gasteiger partial charge in [0.2, 0.25) is 0 Å². The summed E-state index contributed by atoms with van der Waals surface area (Å²) in [5.74, 6) is 0. The molecule has 2 rings (SSSR count). The van der Waals surface area contributed by atoms with Gasteiger partial charge in [-0.15, -0.1) is 0 Å². The van der Waals surface area contributed by atoms with E-state index in [4.69, 9.17) is 0 Å². The van der Waals surface area contributed by atoms with Gasteiger partial charge in [-0.25, -0.2) is 0 Å². The molecule has 8 heavy (non-hydrogen) atoms.